The van der Waals surface area contributed by atoms with E-state index >= 15 is 8.78 Å². The molecule has 9 heteroatoms. The zero-order valence-electron chi connectivity index (χ0n) is 24.2. The SMILES string of the molecule is C[C@H](CCCC(O)c1ccccc1OC(F)(F)F)[C@H]1CC[C@H]2[C@H]3[C@H](CC[C@]12C)[C@@]1(C)CC[C@H](O)[C@H](O)[C@@H]1CC3(F)F. The van der Waals surface area contributed by atoms with Gasteiger partial charge in [-0.15, -0.1) is 13.2 Å². The molecule has 0 amide bonds. The molecule has 3 N–H and O–H groups in total. The van der Waals surface area contributed by atoms with Gasteiger partial charge in [-0.25, -0.2) is 8.78 Å². The lowest BCUT2D eigenvalue weighted by Crippen LogP contribution is -2.64. The Labute approximate surface area is 239 Å². The summed E-state index contributed by atoms with van der Waals surface area (Å²) in [4.78, 5) is 0. The molecule has 0 radical (unpaired) electrons. The maximum absolute atomic E-state index is 16.0. The van der Waals surface area contributed by atoms with Crippen molar-refractivity contribution in [3.63, 3.8) is 0 Å². The van der Waals surface area contributed by atoms with Crippen LogP contribution in [0, 0.1) is 46.3 Å². The van der Waals surface area contributed by atoms with Crippen LogP contribution in [0.1, 0.15) is 96.6 Å². The van der Waals surface area contributed by atoms with Crippen LogP contribution < -0.4 is 4.74 Å². The zero-order chi connectivity index (χ0) is 30.0. The molecule has 1 unspecified atom stereocenters. The summed E-state index contributed by atoms with van der Waals surface area (Å²) in [5.74, 6) is -4.42. The second-order valence-corrected chi connectivity index (χ2v) is 14.2. The third-order valence-corrected chi connectivity index (χ3v) is 12.1. The Balaban J connectivity index is 1.25. The molecule has 0 aromatic heterocycles. The van der Waals surface area contributed by atoms with Gasteiger partial charge < -0.3 is 20.1 Å². The molecule has 0 heterocycles. The van der Waals surface area contributed by atoms with Crippen molar-refractivity contribution in [2.75, 3.05) is 0 Å². The number of rotatable bonds is 7. The van der Waals surface area contributed by atoms with Crippen molar-refractivity contribution in [3.05, 3.63) is 29.8 Å². The molecule has 11 atom stereocenters. The lowest BCUT2D eigenvalue weighted by molar-refractivity contribution is -0.275. The molecule has 1 aromatic rings. The van der Waals surface area contributed by atoms with E-state index in [1.165, 1.54) is 18.2 Å². The quantitative estimate of drug-likeness (QED) is 0.286. The predicted octanol–water partition coefficient (Wildman–Crippen LogP) is 7.66. The zero-order valence-corrected chi connectivity index (χ0v) is 24.2. The maximum atomic E-state index is 16.0. The molecule has 4 fully saturated rings. The summed E-state index contributed by atoms with van der Waals surface area (Å²) in [6.45, 7) is 6.40. The first-order valence-corrected chi connectivity index (χ1v) is 15.3. The second-order valence-electron chi connectivity index (χ2n) is 14.2. The van der Waals surface area contributed by atoms with Gasteiger partial charge in [-0.1, -0.05) is 51.8 Å². The number of alkyl halides is 5. The van der Waals surface area contributed by atoms with E-state index in [4.69, 9.17) is 0 Å². The third-order valence-electron chi connectivity index (χ3n) is 12.1. The molecule has 0 aliphatic heterocycles. The second kappa shape index (κ2) is 10.9. The number of hydrogen-bond donors (Lipinski definition) is 3. The molecule has 4 aliphatic carbocycles. The number of aliphatic hydroxyl groups is 3. The van der Waals surface area contributed by atoms with E-state index in [2.05, 4.69) is 25.5 Å². The van der Waals surface area contributed by atoms with Crippen LogP contribution in [0.25, 0.3) is 0 Å². The normalized spacial score (nSPS) is 41.6. The fourth-order valence-electron chi connectivity index (χ4n) is 10.1. The first-order chi connectivity index (χ1) is 19.1. The summed E-state index contributed by atoms with van der Waals surface area (Å²) >= 11 is 0. The van der Waals surface area contributed by atoms with Crippen molar-refractivity contribution in [1.29, 1.82) is 0 Å². The molecular weight excluding hydrogens is 543 g/mol. The minimum Gasteiger partial charge on any atom is -0.405 e. The number of fused-ring (bicyclic) bond motifs is 5. The standard InChI is InChI=1S/C32H45F5O4/c1-18(7-6-9-24(38)19-8-4-5-10-26(19)41-32(35,36)37)20-11-12-21-27-22(13-15-29(20,21)2)30(3)16-14-25(39)28(40)23(30)17-31(27,33)34/h4-5,8,10,18,20-25,27-28,38-40H,6-7,9,11-17H2,1-3H3/t18-,20-,21+,22+,23+,24?,25+,27+,28-,29-,30-/m1/s1. The molecule has 4 nitrogen and oxygen atoms in total. The largest absolute Gasteiger partial charge is 0.573 e. The van der Waals surface area contributed by atoms with E-state index in [9.17, 15) is 28.5 Å². The smallest absolute Gasteiger partial charge is 0.405 e. The van der Waals surface area contributed by atoms with E-state index in [1.807, 2.05) is 0 Å². The fourth-order valence-corrected chi connectivity index (χ4v) is 10.1. The van der Waals surface area contributed by atoms with Crippen LogP contribution in [-0.4, -0.2) is 39.8 Å². The van der Waals surface area contributed by atoms with Gasteiger partial charge in [-0.3, -0.25) is 0 Å². The number of para-hydroxylation sites is 1. The number of ether oxygens (including phenoxy) is 1. The van der Waals surface area contributed by atoms with Crippen LogP contribution in [0.15, 0.2) is 24.3 Å². The van der Waals surface area contributed by atoms with E-state index < -0.39 is 53.6 Å². The van der Waals surface area contributed by atoms with Gasteiger partial charge in [-0.05, 0) is 91.4 Å². The van der Waals surface area contributed by atoms with Gasteiger partial charge in [0.25, 0.3) is 5.92 Å². The first kappa shape index (κ1) is 31.0. The molecule has 4 saturated carbocycles. The summed E-state index contributed by atoms with van der Waals surface area (Å²) in [7, 11) is 0. The molecule has 0 bridgehead atoms. The molecule has 4 aliphatic rings. The highest BCUT2D eigenvalue weighted by molar-refractivity contribution is 5.35. The summed E-state index contributed by atoms with van der Waals surface area (Å²) in [5, 5.41) is 31.7. The van der Waals surface area contributed by atoms with E-state index in [-0.39, 0.29) is 47.5 Å². The molecule has 232 valence electrons. The van der Waals surface area contributed by atoms with Crippen molar-refractivity contribution >= 4 is 0 Å². The van der Waals surface area contributed by atoms with Gasteiger partial charge in [0, 0.05) is 17.9 Å². The Kier molecular flexibility index (Phi) is 8.25. The average Bonchev–Trinajstić information content (AvgIpc) is 3.24. The molecule has 0 spiro atoms. The lowest BCUT2D eigenvalue weighted by Gasteiger charge is -2.63. The molecule has 1 aromatic carbocycles. The van der Waals surface area contributed by atoms with Crippen molar-refractivity contribution in [2.24, 2.45) is 46.3 Å². The van der Waals surface area contributed by atoms with Crippen LogP contribution in [0.3, 0.4) is 0 Å². The van der Waals surface area contributed by atoms with Crippen molar-refractivity contribution in [3.8, 4) is 5.75 Å². The minimum absolute atomic E-state index is 0.107. The Morgan fingerprint density at radius 3 is 2.29 bits per heavy atom. The highest BCUT2D eigenvalue weighted by atomic mass is 19.4. The molecule has 41 heavy (non-hydrogen) atoms. The monoisotopic (exact) mass is 588 g/mol. The Bertz CT molecular complexity index is 1080. The number of benzene rings is 1. The van der Waals surface area contributed by atoms with E-state index in [0.29, 0.717) is 25.7 Å². The highest BCUT2D eigenvalue weighted by Crippen LogP contribution is 2.71. The minimum atomic E-state index is -4.84. The maximum Gasteiger partial charge on any atom is 0.573 e. The Morgan fingerprint density at radius 1 is 0.927 bits per heavy atom. The lowest BCUT2D eigenvalue weighted by atomic mass is 9.43. The summed E-state index contributed by atoms with van der Waals surface area (Å²) in [6.07, 6.45) is -2.43. The topological polar surface area (TPSA) is 69.9 Å². The summed E-state index contributed by atoms with van der Waals surface area (Å²) in [6, 6.07) is 5.64. The summed E-state index contributed by atoms with van der Waals surface area (Å²) in [5.41, 5.74) is -0.528. The van der Waals surface area contributed by atoms with Crippen molar-refractivity contribution < 1.29 is 42.0 Å². The Morgan fingerprint density at radius 2 is 1.59 bits per heavy atom. The van der Waals surface area contributed by atoms with Crippen LogP contribution in [0.5, 0.6) is 5.75 Å². The van der Waals surface area contributed by atoms with Crippen LogP contribution in [-0.2, 0) is 0 Å². The van der Waals surface area contributed by atoms with Crippen LogP contribution in [0.2, 0.25) is 0 Å². The van der Waals surface area contributed by atoms with E-state index in [1.54, 1.807) is 6.07 Å². The van der Waals surface area contributed by atoms with E-state index in [0.717, 1.165) is 25.7 Å². The van der Waals surface area contributed by atoms with Gasteiger partial charge in [0.15, 0.2) is 0 Å². The van der Waals surface area contributed by atoms with Crippen molar-refractivity contribution in [2.45, 2.75) is 116 Å². The van der Waals surface area contributed by atoms with Gasteiger partial charge in [0.05, 0.1) is 18.3 Å². The molecule has 0 saturated heterocycles. The predicted molar refractivity (Wildman–Crippen MR) is 144 cm³/mol. The Hall–Kier alpha value is -1.45. The molecule has 5 rings (SSSR count). The fraction of sp³-hybridized carbons (Fsp3) is 0.812. The van der Waals surface area contributed by atoms with Gasteiger partial charge >= 0.3 is 6.36 Å². The number of hydrogen-bond acceptors (Lipinski definition) is 4. The van der Waals surface area contributed by atoms with Gasteiger partial charge in [0.2, 0.25) is 0 Å². The number of aliphatic hydroxyl groups excluding tert-OH is 3. The summed E-state index contributed by atoms with van der Waals surface area (Å²) < 4.78 is 74.5. The highest BCUT2D eigenvalue weighted by Gasteiger charge is 2.69. The van der Waals surface area contributed by atoms with Gasteiger partial charge in [-0.2, -0.15) is 0 Å². The average molecular weight is 589 g/mol. The number of halogens is 5. The van der Waals surface area contributed by atoms with Crippen LogP contribution in [0.4, 0.5) is 22.0 Å². The first-order valence-electron chi connectivity index (χ1n) is 15.3. The van der Waals surface area contributed by atoms with Crippen molar-refractivity contribution in [1.82, 2.24) is 0 Å². The third kappa shape index (κ3) is 5.52. The van der Waals surface area contributed by atoms with Crippen LogP contribution >= 0.6 is 0 Å². The van der Waals surface area contributed by atoms with Gasteiger partial charge in [0.1, 0.15) is 5.75 Å². The molecular formula is C32H45F5O4.